The Morgan fingerprint density at radius 2 is 2.16 bits per heavy atom. The molecule has 1 atom stereocenters. The van der Waals surface area contributed by atoms with Gasteiger partial charge in [0.25, 0.3) is 0 Å². The van der Waals surface area contributed by atoms with Crippen molar-refractivity contribution in [2.24, 2.45) is 5.92 Å². The Kier molecular flexibility index (Phi) is 4.83. The van der Waals surface area contributed by atoms with Gasteiger partial charge < -0.3 is 14.2 Å². The van der Waals surface area contributed by atoms with E-state index in [-0.39, 0.29) is 18.5 Å². The molecule has 0 aliphatic carbocycles. The van der Waals surface area contributed by atoms with Gasteiger partial charge in [0.2, 0.25) is 0 Å². The van der Waals surface area contributed by atoms with Crippen LogP contribution in [0.25, 0.3) is 0 Å². The van der Waals surface area contributed by atoms with Gasteiger partial charge in [0, 0.05) is 16.1 Å². The highest BCUT2D eigenvalue weighted by molar-refractivity contribution is 9.10. The summed E-state index contributed by atoms with van der Waals surface area (Å²) in [5.74, 6) is 0.656. The molecule has 1 heterocycles. The quantitative estimate of drug-likeness (QED) is 0.906. The molecule has 2 rings (SSSR count). The highest BCUT2D eigenvalue weighted by Crippen LogP contribution is 2.29. The van der Waals surface area contributed by atoms with Crippen molar-refractivity contribution in [1.29, 1.82) is 4.78 Å². The minimum atomic E-state index is -2.94. The van der Waals surface area contributed by atoms with E-state index in [1.807, 2.05) is 0 Å². The Hall–Kier alpha value is -0.630. The van der Waals surface area contributed by atoms with E-state index in [2.05, 4.69) is 15.9 Å². The van der Waals surface area contributed by atoms with Gasteiger partial charge in [-0.15, -0.1) is 0 Å². The molecule has 1 N–H and O–H groups in total. The molecule has 1 aliphatic heterocycles. The monoisotopic (exact) mass is 349 g/mol. The van der Waals surface area contributed by atoms with E-state index in [0.29, 0.717) is 23.9 Å². The normalized spacial score (nSPS) is 19.9. The van der Waals surface area contributed by atoms with Gasteiger partial charge in [-0.1, -0.05) is 15.9 Å². The molecule has 1 aromatic carbocycles. The van der Waals surface area contributed by atoms with E-state index in [9.17, 15) is 4.21 Å². The highest BCUT2D eigenvalue weighted by atomic mass is 79.9. The minimum Gasteiger partial charge on any atom is -0.495 e. The summed E-state index contributed by atoms with van der Waals surface area (Å²) >= 11 is 3.33. The molecule has 0 radical (unpaired) electrons. The maximum Gasteiger partial charge on any atom is 0.146 e. The first-order chi connectivity index (χ1) is 9.03. The van der Waals surface area contributed by atoms with Crippen molar-refractivity contribution in [3.63, 3.8) is 0 Å². The molecule has 1 aromatic rings. The zero-order valence-corrected chi connectivity index (χ0v) is 13.0. The van der Waals surface area contributed by atoms with Gasteiger partial charge in [-0.2, -0.15) is 0 Å². The summed E-state index contributed by atoms with van der Waals surface area (Å²) in [6.45, 7) is 1.23. The number of rotatable bonds is 4. The third-order valence-electron chi connectivity index (χ3n) is 2.83. The van der Waals surface area contributed by atoms with Crippen LogP contribution in [0.3, 0.4) is 0 Å². The standard InChI is InChI=1S/C12H16BrNO4S/c1-16-11-3-2-10(13)4-12(11)19(14,15)7-9-5-17-8-18-6-9/h2-4,9,14H,5-8H2,1H3. The lowest BCUT2D eigenvalue weighted by atomic mass is 10.2. The molecule has 0 aromatic heterocycles. The summed E-state index contributed by atoms with van der Waals surface area (Å²) < 4.78 is 37.1. The van der Waals surface area contributed by atoms with Crippen LogP contribution < -0.4 is 4.74 Å². The predicted octanol–water partition coefficient (Wildman–Crippen LogP) is 2.48. The molecule has 0 amide bonds. The molecule has 5 nitrogen and oxygen atoms in total. The lowest BCUT2D eigenvalue weighted by Crippen LogP contribution is -2.30. The van der Waals surface area contributed by atoms with Gasteiger partial charge in [0.1, 0.15) is 12.5 Å². The summed E-state index contributed by atoms with van der Waals surface area (Å²) in [5, 5.41) is 0. The maximum atomic E-state index is 12.6. The second-order valence-electron chi connectivity index (χ2n) is 4.36. The molecular weight excluding hydrogens is 334 g/mol. The van der Waals surface area contributed by atoms with Crippen molar-refractivity contribution in [2.45, 2.75) is 4.90 Å². The summed E-state index contributed by atoms with van der Waals surface area (Å²) in [7, 11) is -1.43. The Morgan fingerprint density at radius 1 is 1.47 bits per heavy atom. The lowest BCUT2D eigenvalue weighted by Gasteiger charge is -2.23. The van der Waals surface area contributed by atoms with E-state index in [1.165, 1.54) is 7.11 Å². The van der Waals surface area contributed by atoms with E-state index in [4.69, 9.17) is 19.0 Å². The van der Waals surface area contributed by atoms with Crippen molar-refractivity contribution >= 4 is 25.7 Å². The van der Waals surface area contributed by atoms with Crippen LogP contribution in [0.4, 0.5) is 0 Å². The van der Waals surface area contributed by atoms with Crippen LogP contribution in [0, 0.1) is 10.7 Å². The average Bonchev–Trinajstić information content (AvgIpc) is 2.39. The van der Waals surface area contributed by atoms with Gasteiger partial charge in [-0.3, -0.25) is 0 Å². The fourth-order valence-electron chi connectivity index (χ4n) is 1.96. The van der Waals surface area contributed by atoms with Crippen LogP contribution in [-0.4, -0.2) is 37.1 Å². The molecule has 1 fully saturated rings. The van der Waals surface area contributed by atoms with Crippen LogP contribution in [0.5, 0.6) is 5.75 Å². The topological polar surface area (TPSA) is 68.6 Å². The Labute approximate surface area is 121 Å². The fourth-order valence-corrected chi connectivity index (χ4v) is 4.30. The first kappa shape index (κ1) is 14.8. The van der Waals surface area contributed by atoms with E-state index < -0.39 is 9.73 Å². The third kappa shape index (κ3) is 3.68. The number of ether oxygens (including phenoxy) is 3. The largest absolute Gasteiger partial charge is 0.495 e. The molecule has 19 heavy (non-hydrogen) atoms. The summed E-state index contributed by atoms with van der Waals surface area (Å²) in [5.41, 5.74) is 0. The molecule has 1 aliphatic rings. The number of nitrogens with one attached hydrogen (secondary N) is 1. The molecule has 106 valence electrons. The first-order valence-electron chi connectivity index (χ1n) is 5.78. The second kappa shape index (κ2) is 6.21. The third-order valence-corrected chi connectivity index (χ3v) is 5.29. The van der Waals surface area contributed by atoms with Gasteiger partial charge >= 0.3 is 0 Å². The Morgan fingerprint density at radius 3 is 2.79 bits per heavy atom. The molecular formula is C12H16BrNO4S. The van der Waals surface area contributed by atoms with Gasteiger partial charge in [-0.05, 0) is 18.2 Å². The van der Waals surface area contributed by atoms with Crippen molar-refractivity contribution in [3.05, 3.63) is 22.7 Å². The van der Waals surface area contributed by atoms with Gasteiger partial charge in [-0.25, -0.2) is 8.99 Å². The van der Waals surface area contributed by atoms with Crippen LogP contribution in [0.1, 0.15) is 0 Å². The first-order valence-corrected chi connectivity index (χ1v) is 8.30. The fraction of sp³-hybridized carbons (Fsp3) is 0.500. The van der Waals surface area contributed by atoms with Crippen LogP contribution in [-0.2, 0) is 19.2 Å². The molecule has 0 spiro atoms. The molecule has 0 bridgehead atoms. The van der Waals surface area contributed by atoms with E-state index in [0.717, 1.165) is 4.47 Å². The molecule has 1 saturated heterocycles. The zero-order valence-electron chi connectivity index (χ0n) is 10.6. The molecule has 0 saturated carbocycles. The van der Waals surface area contributed by atoms with Crippen molar-refractivity contribution in [3.8, 4) is 5.75 Å². The van der Waals surface area contributed by atoms with Gasteiger partial charge in [0.05, 0.1) is 34.9 Å². The lowest BCUT2D eigenvalue weighted by molar-refractivity contribution is -0.120. The summed E-state index contributed by atoms with van der Waals surface area (Å²) in [4.78, 5) is 0.412. The van der Waals surface area contributed by atoms with E-state index >= 15 is 0 Å². The SMILES string of the molecule is COc1ccc(Br)cc1S(=N)(=O)CC1COCOC1. The minimum absolute atomic E-state index is 0.0255. The number of methoxy groups -OCH3 is 1. The van der Waals surface area contributed by atoms with Crippen LogP contribution >= 0.6 is 15.9 Å². The number of halogens is 1. The Bertz CT molecular complexity index is 541. The van der Waals surface area contributed by atoms with Crippen molar-refractivity contribution in [1.82, 2.24) is 0 Å². The summed E-state index contributed by atoms with van der Waals surface area (Å²) in [6.07, 6.45) is 0. The second-order valence-corrected chi connectivity index (χ2v) is 7.40. The van der Waals surface area contributed by atoms with Gasteiger partial charge in [0.15, 0.2) is 0 Å². The Balaban J connectivity index is 2.25. The predicted molar refractivity (Wildman–Crippen MR) is 75.0 cm³/mol. The van der Waals surface area contributed by atoms with Crippen molar-refractivity contribution < 1.29 is 18.4 Å². The molecule has 1 unspecified atom stereocenters. The maximum absolute atomic E-state index is 12.6. The highest BCUT2D eigenvalue weighted by Gasteiger charge is 2.24. The van der Waals surface area contributed by atoms with Crippen molar-refractivity contribution in [2.75, 3.05) is 32.9 Å². The van der Waals surface area contributed by atoms with E-state index in [1.54, 1.807) is 18.2 Å². The number of benzene rings is 1. The van der Waals surface area contributed by atoms with Crippen LogP contribution in [0.2, 0.25) is 0 Å². The summed E-state index contributed by atoms with van der Waals surface area (Å²) in [6, 6.07) is 5.19. The smallest absolute Gasteiger partial charge is 0.146 e. The molecule has 7 heteroatoms. The number of hydrogen-bond donors (Lipinski definition) is 1. The van der Waals surface area contributed by atoms with Crippen LogP contribution in [0.15, 0.2) is 27.6 Å². The zero-order chi connectivity index (χ0) is 13.9. The number of hydrogen-bond acceptors (Lipinski definition) is 5. The average molecular weight is 350 g/mol.